The van der Waals surface area contributed by atoms with E-state index >= 15 is 0 Å². The third kappa shape index (κ3) is 3.88. The predicted molar refractivity (Wildman–Crippen MR) is 110 cm³/mol. The molecular weight excluding hydrogens is 401 g/mol. The van der Waals surface area contributed by atoms with Crippen LogP contribution in [0.5, 0.6) is 5.75 Å². The SMILES string of the molecule is COC(=O)c1ccn(CC(=O)N[C@]2(c3ccc(C)c(F)c3)CCOc3cccnc32)c1. The van der Waals surface area contributed by atoms with Crippen molar-refractivity contribution in [2.75, 3.05) is 13.7 Å². The molecule has 0 saturated heterocycles. The minimum absolute atomic E-state index is 0.0316. The molecule has 1 aromatic carbocycles. The van der Waals surface area contributed by atoms with Crippen molar-refractivity contribution < 1.29 is 23.5 Å². The summed E-state index contributed by atoms with van der Waals surface area (Å²) in [7, 11) is 1.30. The number of pyridine rings is 1. The Morgan fingerprint density at radius 1 is 1.32 bits per heavy atom. The van der Waals surface area contributed by atoms with E-state index in [2.05, 4.69) is 10.3 Å². The lowest BCUT2D eigenvalue weighted by Gasteiger charge is -2.39. The van der Waals surface area contributed by atoms with Gasteiger partial charge in [0.2, 0.25) is 5.91 Å². The lowest BCUT2D eigenvalue weighted by molar-refractivity contribution is -0.123. The Hall–Kier alpha value is -3.68. The highest BCUT2D eigenvalue weighted by atomic mass is 19.1. The average molecular weight is 423 g/mol. The van der Waals surface area contributed by atoms with Gasteiger partial charge in [0.1, 0.15) is 29.3 Å². The smallest absolute Gasteiger partial charge is 0.339 e. The molecule has 0 radical (unpaired) electrons. The molecule has 7 nitrogen and oxygen atoms in total. The largest absolute Gasteiger partial charge is 0.491 e. The number of ether oxygens (including phenoxy) is 2. The first kappa shape index (κ1) is 20.6. The van der Waals surface area contributed by atoms with Gasteiger partial charge in [-0.3, -0.25) is 9.78 Å². The number of nitrogens with zero attached hydrogens (tertiary/aromatic N) is 2. The molecule has 3 aromatic rings. The summed E-state index contributed by atoms with van der Waals surface area (Å²) in [5.41, 5.74) is 0.944. The Balaban J connectivity index is 1.69. The highest BCUT2D eigenvalue weighted by molar-refractivity contribution is 5.89. The molecule has 1 amide bonds. The van der Waals surface area contributed by atoms with Crippen LogP contribution in [0.15, 0.2) is 55.0 Å². The number of esters is 1. The number of amides is 1. The summed E-state index contributed by atoms with van der Waals surface area (Å²) in [5.74, 6) is -0.605. The van der Waals surface area contributed by atoms with Crippen LogP contribution in [0.4, 0.5) is 4.39 Å². The van der Waals surface area contributed by atoms with E-state index in [1.54, 1.807) is 60.4 Å². The Morgan fingerprint density at radius 3 is 2.94 bits per heavy atom. The van der Waals surface area contributed by atoms with Crippen LogP contribution < -0.4 is 10.1 Å². The molecule has 2 aromatic heterocycles. The van der Waals surface area contributed by atoms with Gasteiger partial charge in [0.25, 0.3) is 0 Å². The third-order valence-corrected chi connectivity index (χ3v) is 5.42. The van der Waals surface area contributed by atoms with Gasteiger partial charge in [0.05, 0.1) is 19.3 Å². The summed E-state index contributed by atoms with van der Waals surface area (Å²) >= 11 is 0. The van der Waals surface area contributed by atoms with E-state index < -0.39 is 11.5 Å². The summed E-state index contributed by atoms with van der Waals surface area (Å²) in [4.78, 5) is 29.2. The van der Waals surface area contributed by atoms with Gasteiger partial charge in [-0.1, -0.05) is 12.1 Å². The minimum Gasteiger partial charge on any atom is -0.491 e. The van der Waals surface area contributed by atoms with E-state index in [9.17, 15) is 14.0 Å². The number of hydrogen-bond donors (Lipinski definition) is 1. The Morgan fingerprint density at radius 2 is 2.16 bits per heavy atom. The van der Waals surface area contributed by atoms with Crippen LogP contribution in [0.3, 0.4) is 0 Å². The van der Waals surface area contributed by atoms with Crippen LogP contribution in [0, 0.1) is 12.7 Å². The monoisotopic (exact) mass is 423 g/mol. The number of benzene rings is 1. The summed E-state index contributed by atoms with van der Waals surface area (Å²) in [6.07, 6.45) is 5.18. The summed E-state index contributed by atoms with van der Waals surface area (Å²) < 4.78 is 26.5. The lowest BCUT2D eigenvalue weighted by Crippen LogP contribution is -2.51. The number of methoxy groups -OCH3 is 1. The highest BCUT2D eigenvalue weighted by Crippen LogP contribution is 2.40. The molecule has 31 heavy (non-hydrogen) atoms. The van der Waals surface area contributed by atoms with Gasteiger partial charge in [-0.05, 0) is 42.3 Å². The third-order valence-electron chi connectivity index (χ3n) is 5.42. The number of aryl methyl sites for hydroxylation is 1. The van der Waals surface area contributed by atoms with Crippen LogP contribution in [-0.4, -0.2) is 35.1 Å². The van der Waals surface area contributed by atoms with Crippen LogP contribution in [0.2, 0.25) is 0 Å². The molecule has 1 N–H and O–H groups in total. The highest BCUT2D eigenvalue weighted by Gasteiger charge is 2.42. The number of carbonyl (C=O) groups is 2. The van der Waals surface area contributed by atoms with Gasteiger partial charge in [0, 0.05) is 25.0 Å². The summed E-state index contributed by atoms with van der Waals surface area (Å²) in [6.45, 7) is 1.99. The maximum absolute atomic E-state index is 14.5. The van der Waals surface area contributed by atoms with E-state index in [4.69, 9.17) is 9.47 Å². The second kappa shape index (κ2) is 8.22. The molecule has 0 unspecified atom stereocenters. The number of rotatable bonds is 5. The van der Waals surface area contributed by atoms with Crippen molar-refractivity contribution in [2.45, 2.75) is 25.4 Å². The standard InChI is InChI=1S/C23H22FN3O4/c1-15-5-6-17(12-18(15)24)23(8-11-31-19-4-3-9-25-21(19)23)26-20(28)14-27-10-7-16(13-27)22(29)30-2/h3-7,9-10,12-13H,8,11,14H2,1-2H3,(H,26,28)/t23-/m0/s1. The first-order valence-corrected chi connectivity index (χ1v) is 9.83. The minimum atomic E-state index is -1.04. The van der Waals surface area contributed by atoms with Crippen molar-refractivity contribution >= 4 is 11.9 Å². The summed E-state index contributed by atoms with van der Waals surface area (Å²) in [5, 5.41) is 3.07. The quantitative estimate of drug-likeness (QED) is 0.638. The number of hydrogen-bond acceptors (Lipinski definition) is 5. The molecule has 4 rings (SSSR count). The normalized spacial score (nSPS) is 17.4. The molecule has 0 fully saturated rings. The topological polar surface area (TPSA) is 82.5 Å². The molecule has 0 aliphatic carbocycles. The van der Waals surface area contributed by atoms with Gasteiger partial charge in [-0.2, -0.15) is 0 Å². The van der Waals surface area contributed by atoms with Crippen molar-refractivity contribution in [3.63, 3.8) is 0 Å². The zero-order chi connectivity index (χ0) is 22.0. The van der Waals surface area contributed by atoms with Crippen molar-refractivity contribution in [1.82, 2.24) is 14.9 Å². The molecule has 1 atom stereocenters. The number of halogens is 1. The molecule has 8 heteroatoms. The Kier molecular flexibility index (Phi) is 5.46. The fourth-order valence-corrected chi connectivity index (χ4v) is 3.81. The Labute approximate surface area is 178 Å². The van der Waals surface area contributed by atoms with Gasteiger partial charge in [-0.15, -0.1) is 0 Å². The van der Waals surface area contributed by atoms with Gasteiger partial charge in [-0.25, -0.2) is 9.18 Å². The van der Waals surface area contributed by atoms with Crippen molar-refractivity contribution in [1.29, 1.82) is 0 Å². The average Bonchev–Trinajstić information content (AvgIpc) is 3.23. The molecule has 1 aliphatic rings. The van der Waals surface area contributed by atoms with Crippen LogP contribution >= 0.6 is 0 Å². The maximum atomic E-state index is 14.5. The van der Waals surface area contributed by atoms with Crippen LogP contribution in [-0.2, 0) is 21.6 Å². The van der Waals surface area contributed by atoms with Gasteiger partial charge >= 0.3 is 5.97 Å². The lowest BCUT2D eigenvalue weighted by atomic mass is 9.81. The van der Waals surface area contributed by atoms with Gasteiger partial charge < -0.3 is 19.4 Å². The van der Waals surface area contributed by atoms with E-state index in [1.807, 2.05) is 0 Å². The molecule has 3 heterocycles. The fraction of sp³-hybridized carbons (Fsp3) is 0.261. The zero-order valence-electron chi connectivity index (χ0n) is 17.2. The number of nitrogens with one attached hydrogen (secondary N) is 1. The zero-order valence-corrected chi connectivity index (χ0v) is 17.2. The number of carbonyl (C=O) groups excluding carboxylic acids is 2. The first-order chi connectivity index (χ1) is 14.9. The predicted octanol–water partition coefficient (Wildman–Crippen LogP) is 2.96. The van der Waals surface area contributed by atoms with Crippen LogP contribution in [0.1, 0.15) is 33.6 Å². The van der Waals surface area contributed by atoms with E-state index in [1.165, 1.54) is 13.2 Å². The molecule has 0 bridgehead atoms. The Bertz CT molecular complexity index is 1140. The maximum Gasteiger partial charge on any atom is 0.339 e. The molecule has 1 aliphatic heterocycles. The van der Waals surface area contributed by atoms with Crippen LogP contribution in [0.25, 0.3) is 0 Å². The number of aromatic nitrogens is 2. The van der Waals surface area contributed by atoms with E-state index in [-0.39, 0.29) is 18.3 Å². The molecule has 0 spiro atoms. The molecular formula is C23H22FN3O4. The van der Waals surface area contributed by atoms with Crippen molar-refractivity contribution in [2.24, 2.45) is 0 Å². The van der Waals surface area contributed by atoms with E-state index in [0.29, 0.717) is 41.2 Å². The first-order valence-electron chi connectivity index (χ1n) is 9.83. The van der Waals surface area contributed by atoms with Crippen molar-refractivity contribution in [3.05, 3.63) is 83.2 Å². The van der Waals surface area contributed by atoms with Crippen molar-refractivity contribution in [3.8, 4) is 5.75 Å². The molecule has 160 valence electrons. The van der Waals surface area contributed by atoms with E-state index in [0.717, 1.165) is 0 Å². The molecule has 0 saturated carbocycles. The second-order valence-corrected chi connectivity index (χ2v) is 7.43. The number of fused-ring (bicyclic) bond motifs is 1. The summed E-state index contributed by atoms with van der Waals surface area (Å²) in [6, 6.07) is 10.0. The second-order valence-electron chi connectivity index (χ2n) is 7.43. The van der Waals surface area contributed by atoms with Gasteiger partial charge in [0.15, 0.2) is 0 Å². The fourth-order valence-electron chi connectivity index (χ4n) is 3.81.